The highest BCUT2D eigenvalue weighted by molar-refractivity contribution is 5.76. The number of carbonyl (C=O) groups is 1. The van der Waals surface area contributed by atoms with Crippen molar-refractivity contribution in [3.05, 3.63) is 48.3 Å². The lowest BCUT2D eigenvalue weighted by Crippen LogP contribution is -2.38. The molecule has 6 heteroatoms. The molecule has 0 radical (unpaired) electrons. The van der Waals surface area contributed by atoms with Gasteiger partial charge in [0.05, 0.1) is 0 Å². The number of amides is 1. The number of nitrogens with one attached hydrogen (secondary N) is 1. The number of aromatic nitrogens is 2. The monoisotopic (exact) mass is 326 g/mol. The van der Waals surface area contributed by atoms with Crippen molar-refractivity contribution in [2.24, 2.45) is 0 Å². The number of hydrogen-bond donors (Lipinski definition) is 2. The van der Waals surface area contributed by atoms with Crippen LogP contribution in [0.15, 0.2) is 42.7 Å². The van der Waals surface area contributed by atoms with Crippen LogP contribution in [0.5, 0.6) is 5.75 Å². The van der Waals surface area contributed by atoms with Gasteiger partial charge < -0.3 is 15.3 Å². The Morgan fingerprint density at radius 3 is 2.50 bits per heavy atom. The van der Waals surface area contributed by atoms with Crippen molar-refractivity contribution in [3.63, 3.8) is 0 Å². The molecule has 0 saturated carbocycles. The molecule has 1 fully saturated rings. The molecule has 1 amide bonds. The molecule has 3 rings (SSSR count). The summed E-state index contributed by atoms with van der Waals surface area (Å²) in [7, 11) is 0. The maximum Gasteiger partial charge on any atom is 0.224 e. The zero-order valence-corrected chi connectivity index (χ0v) is 13.6. The third-order valence-electron chi connectivity index (χ3n) is 4.40. The molecule has 24 heavy (non-hydrogen) atoms. The van der Waals surface area contributed by atoms with Crippen molar-refractivity contribution in [1.29, 1.82) is 0 Å². The van der Waals surface area contributed by atoms with E-state index in [2.05, 4.69) is 15.3 Å². The SMILES string of the molecule is O=C(CCNc1ncccn1)N1CCC(c2ccc(O)cc2)CC1. The number of benzene rings is 1. The van der Waals surface area contributed by atoms with E-state index in [9.17, 15) is 9.90 Å². The first-order valence-corrected chi connectivity index (χ1v) is 8.30. The normalized spacial score (nSPS) is 15.2. The van der Waals surface area contributed by atoms with Gasteiger partial charge in [-0.3, -0.25) is 4.79 Å². The van der Waals surface area contributed by atoms with Crippen LogP contribution < -0.4 is 5.32 Å². The Balaban J connectivity index is 1.42. The summed E-state index contributed by atoms with van der Waals surface area (Å²) in [6.07, 6.45) is 5.72. The van der Waals surface area contributed by atoms with Crippen LogP contribution in [0.2, 0.25) is 0 Å². The van der Waals surface area contributed by atoms with Crippen LogP contribution in [-0.4, -0.2) is 45.5 Å². The molecule has 1 aromatic heterocycles. The van der Waals surface area contributed by atoms with Crippen molar-refractivity contribution >= 4 is 11.9 Å². The van der Waals surface area contributed by atoms with E-state index in [0.29, 0.717) is 30.6 Å². The minimum absolute atomic E-state index is 0.169. The fraction of sp³-hybridized carbons (Fsp3) is 0.389. The van der Waals surface area contributed by atoms with Crippen LogP contribution in [0.1, 0.15) is 30.7 Å². The highest BCUT2D eigenvalue weighted by atomic mass is 16.3. The average molecular weight is 326 g/mol. The van der Waals surface area contributed by atoms with Crippen LogP contribution in [0, 0.1) is 0 Å². The molecule has 1 saturated heterocycles. The zero-order valence-electron chi connectivity index (χ0n) is 13.6. The number of rotatable bonds is 5. The molecule has 2 heterocycles. The largest absolute Gasteiger partial charge is 0.508 e. The first-order chi connectivity index (χ1) is 11.7. The number of phenolic OH excluding ortho intramolecular Hbond substituents is 1. The van der Waals surface area contributed by atoms with E-state index >= 15 is 0 Å². The highest BCUT2D eigenvalue weighted by Gasteiger charge is 2.23. The number of phenols is 1. The Labute approximate surface area is 141 Å². The molecule has 1 aliphatic heterocycles. The minimum Gasteiger partial charge on any atom is -0.508 e. The number of piperidine rings is 1. The third-order valence-corrected chi connectivity index (χ3v) is 4.40. The molecule has 6 nitrogen and oxygen atoms in total. The number of likely N-dealkylation sites (tertiary alicyclic amines) is 1. The Morgan fingerprint density at radius 1 is 1.17 bits per heavy atom. The molecule has 1 aromatic carbocycles. The van der Waals surface area contributed by atoms with Gasteiger partial charge in [-0.1, -0.05) is 12.1 Å². The van der Waals surface area contributed by atoms with E-state index in [-0.39, 0.29) is 5.91 Å². The molecule has 2 N–H and O–H groups in total. The van der Waals surface area contributed by atoms with Gasteiger partial charge in [0, 0.05) is 38.4 Å². The van der Waals surface area contributed by atoms with E-state index < -0.39 is 0 Å². The lowest BCUT2D eigenvalue weighted by molar-refractivity contribution is -0.131. The van der Waals surface area contributed by atoms with Crippen LogP contribution in [-0.2, 0) is 4.79 Å². The Morgan fingerprint density at radius 2 is 1.83 bits per heavy atom. The first-order valence-electron chi connectivity index (χ1n) is 8.30. The zero-order chi connectivity index (χ0) is 16.8. The highest BCUT2D eigenvalue weighted by Crippen LogP contribution is 2.29. The van der Waals surface area contributed by atoms with Gasteiger partial charge in [-0.15, -0.1) is 0 Å². The molecule has 0 unspecified atom stereocenters. The lowest BCUT2D eigenvalue weighted by atomic mass is 9.89. The average Bonchev–Trinajstić information content (AvgIpc) is 2.63. The topological polar surface area (TPSA) is 78.4 Å². The third kappa shape index (κ3) is 4.22. The molecule has 126 valence electrons. The van der Waals surface area contributed by atoms with E-state index in [0.717, 1.165) is 25.9 Å². The van der Waals surface area contributed by atoms with Crippen molar-refractivity contribution in [2.45, 2.75) is 25.2 Å². The number of aromatic hydroxyl groups is 1. The van der Waals surface area contributed by atoms with Crippen molar-refractivity contribution < 1.29 is 9.90 Å². The fourth-order valence-corrected chi connectivity index (χ4v) is 3.04. The number of anilines is 1. The molecule has 1 aliphatic rings. The van der Waals surface area contributed by atoms with E-state index in [1.54, 1.807) is 30.6 Å². The Bertz CT molecular complexity index is 652. The Kier molecular flexibility index (Phi) is 5.25. The van der Waals surface area contributed by atoms with Gasteiger partial charge in [0.25, 0.3) is 0 Å². The molecule has 0 aliphatic carbocycles. The van der Waals surface area contributed by atoms with Gasteiger partial charge in [0.2, 0.25) is 11.9 Å². The van der Waals surface area contributed by atoms with Crippen molar-refractivity contribution in [3.8, 4) is 5.75 Å². The second-order valence-electron chi connectivity index (χ2n) is 6.00. The second kappa shape index (κ2) is 7.77. The summed E-state index contributed by atoms with van der Waals surface area (Å²) in [6.45, 7) is 2.11. The van der Waals surface area contributed by atoms with Gasteiger partial charge in [0.1, 0.15) is 5.75 Å². The number of hydrogen-bond acceptors (Lipinski definition) is 5. The summed E-state index contributed by atoms with van der Waals surface area (Å²) in [5.74, 6) is 1.48. The summed E-state index contributed by atoms with van der Waals surface area (Å²) in [6, 6.07) is 9.16. The standard InChI is InChI=1S/C18H22N4O2/c23-16-4-2-14(3-5-16)15-7-12-22(13-8-15)17(24)6-11-21-18-19-9-1-10-20-18/h1-5,9-10,15,23H,6-8,11-13H2,(H,19,20,21). The fourth-order valence-electron chi connectivity index (χ4n) is 3.04. The van der Waals surface area contributed by atoms with Crippen molar-refractivity contribution in [1.82, 2.24) is 14.9 Å². The van der Waals surface area contributed by atoms with Gasteiger partial charge in [-0.05, 0) is 42.5 Å². The predicted octanol–water partition coefficient (Wildman–Crippen LogP) is 2.39. The summed E-state index contributed by atoms with van der Waals surface area (Å²) in [4.78, 5) is 22.4. The molecular formula is C18H22N4O2. The van der Waals surface area contributed by atoms with E-state index in [1.807, 2.05) is 17.0 Å². The second-order valence-corrected chi connectivity index (χ2v) is 6.00. The lowest BCUT2D eigenvalue weighted by Gasteiger charge is -2.32. The van der Waals surface area contributed by atoms with Crippen LogP contribution >= 0.6 is 0 Å². The molecule has 0 atom stereocenters. The molecule has 2 aromatic rings. The van der Waals surface area contributed by atoms with Crippen LogP contribution in [0.25, 0.3) is 0 Å². The molecule has 0 spiro atoms. The van der Waals surface area contributed by atoms with Crippen LogP contribution in [0.3, 0.4) is 0 Å². The molecular weight excluding hydrogens is 304 g/mol. The minimum atomic E-state index is 0.169. The summed E-state index contributed by atoms with van der Waals surface area (Å²) in [5, 5.41) is 12.4. The number of carbonyl (C=O) groups excluding carboxylic acids is 1. The smallest absolute Gasteiger partial charge is 0.224 e. The van der Waals surface area contributed by atoms with Gasteiger partial charge >= 0.3 is 0 Å². The quantitative estimate of drug-likeness (QED) is 0.882. The van der Waals surface area contributed by atoms with Crippen LogP contribution in [0.4, 0.5) is 5.95 Å². The number of nitrogens with zero attached hydrogens (tertiary/aromatic N) is 3. The maximum atomic E-state index is 12.3. The van der Waals surface area contributed by atoms with Gasteiger partial charge in [0.15, 0.2) is 0 Å². The van der Waals surface area contributed by atoms with Crippen molar-refractivity contribution in [2.75, 3.05) is 25.0 Å². The summed E-state index contributed by atoms with van der Waals surface area (Å²) < 4.78 is 0. The van der Waals surface area contributed by atoms with E-state index in [4.69, 9.17) is 0 Å². The van der Waals surface area contributed by atoms with Gasteiger partial charge in [-0.2, -0.15) is 0 Å². The first kappa shape index (κ1) is 16.2. The summed E-state index contributed by atoms with van der Waals surface area (Å²) >= 11 is 0. The summed E-state index contributed by atoms with van der Waals surface area (Å²) in [5.41, 5.74) is 1.24. The predicted molar refractivity (Wildman–Crippen MR) is 91.8 cm³/mol. The maximum absolute atomic E-state index is 12.3. The van der Waals surface area contributed by atoms with E-state index in [1.165, 1.54) is 5.56 Å². The van der Waals surface area contributed by atoms with Gasteiger partial charge in [-0.25, -0.2) is 9.97 Å². The Hall–Kier alpha value is -2.63. The molecule has 0 bridgehead atoms.